The first kappa shape index (κ1) is 28.8. The van der Waals surface area contributed by atoms with Gasteiger partial charge in [0.05, 0.1) is 34.6 Å². The second kappa shape index (κ2) is 12.5. The second-order valence-electron chi connectivity index (χ2n) is 10.4. The van der Waals surface area contributed by atoms with Crippen LogP contribution in [0.1, 0.15) is 32.9 Å². The van der Waals surface area contributed by atoms with Gasteiger partial charge < -0.3 is 19.1 Å². The van der Waals surface area contributed by atoms with Gasteiger partial charge in [-0.15, -0.1) is 0 Å². The average molecular weight is 592 g/mol. The lowest BCUT2D eigenvalue weighted by Crippen LogP contribution is -2.10. The molecule has 6 rings (SSSR count). The minimum atomic E-state index is -0.991. The number of imidazole rings is 1. The summed E-state index contributed by atoms with van der Waals surface area (Å²) in [5.41, 5.74) is 7.16. The number of aromatic carboxylic acids is 1. The Kier molecular flexibility index (Phi) is 8.16. The minimum absolute atomic E-state index is 0.0675. The number of aryl methyl sites for hydroxylation is 1. The Morgan fingerprint density at radius 2 is 1.84 bits per heavy atom. The van der Waals surface area contributed by atoms with Gasteiger partial charge in [0.25, 0.3) is 0 Å². The molecular formula is C34H30FN5O4. The molecule has 0 atom stereocenters. The number of fused-ring (bicyclic) bond motifs is 1. The third-order valence-corrected chi connectivity index (χ3v) is 7.43. The number of hydrogen-bond acceptors (Lipinski definition) is 6. The molecule has 0 saturated carbocycles. The molecule has 0 aliphatic heterocycles. The van der Waals surface area contributed by atoms with Gasteiger partial charge in [-0.05, 0) is 60.5 Å². The number of ether oxygens (including phenoxy) is 2. The highest BCUT2D eigenvalue weighted by atomic mass is 19.1. The number of rotatable bonds is 11. The number of nitrogens with zero attached hydrogens (tertiary/aromatic N) is 4. The standard InChI is InChI=1S/C34H30FN5O4/c1-21-6-7-25(27(35)16-21)20-44-33-5-3-4-28(38-33)23-9-8-22(26(17-23)29-12-13-36-39-29)19-32-37-30-11-10-24(34(41)42)18-31(30)40(32)14-15-43-2/h3-13,16-18H,14-15,19-20H2,1-2H3,(H,36,39)(H,41,42). The Balaban J connectivity index is 1.33. The summed E-state index contributed by atoms with van der Waals surface area (Å²) in [6.07, 6.45) is 2.24. The Bertz CT molecular complexity index is 1950. The van der Waals surface area contributed by atoms with Crippen LogP contribution in [0.2, 0.25) is 0 Å². The molecule has 0 radical (unpaired) electrons. The van der Waals surface area contributed by atoms with E-state index in [2.05, 4.69) is 15.2 Å². The number of methoxy groups -OCH3 is 1. The Labute approximate surface area is 253 Å². The minimum Gasteiger partial charge on any atom is -0.478 e. The molecule has 0 aliphatic rings. The van der Waals surface area contributed by atoms with Crippen molar-refractivity contribution in [1.82, 2.24) is 24.7 Å². The smallest absolute Gasteiger partial charge is 0.335 e. The van der Waals surface area contributed by atoms with Gasteiger partial charge in [0.1, 0.15) is 18.2 Å². The predicted molar refractivity (Wildman–Crippen MR) is 164 cm³/mol. The van der Waals surface area contributed by atoms with E-state index >= 15 is 0 Å². The lowest BCUT2D eigenvalue weighted by Gasteiger charge is -2.13. The zero-order chi connectivity index (χ0) is 30.6. The molecule has 0 spiro atoms. The van der Waals surface area contributed by atoms with Crippen LogP contribution in [0, 0.1) is 12.7 Å². The highest BCUT2D eigenvalue weighted by Gasteiger charge is 2.17. The Morgan fingerprint density at radius 3 is 2.61 bits per heavy atom. The zero-order valence-electron chi connectivity index (χ0n) is 24.3. The van der Waals surface area contributed by atoms with E-state index in [-0.39, 0.29) is 18.0 Å². The van der Waals surface area contributed by atoms with Gasteiger partial charge in [-0.3, -0.25) is 5.10 Å². The summed E-state index contributed by atoms with van der Waals surface area (Å²) in [5, 5.41) is 16.9. The number of carboxylic acids is 1. The molecule has 0 fully saturated rings. The number of carbonyl (C=O) groups is 1. The maximum Gasteiger partial charge on any atom is 0.335 e. The third-order valence-electron chi connectivity index (χ3n) is 7.43. The molecule has 3 aromatic heterocycles. The average Bonchev–Trinajstić information content (AvgIpc) is 3.68. The molecule has 6 aromatic rings. The van der Waals surface area contributed by atoms with E-state index in [9.17, 15) is 14.3 Å². The van der Waals surface area contributed by atoms with Crippen LogP contribution in [0.15, 0.2) is 85.1 Å². The molecule has 2 N–H and O–H groups in total. The van der Waals surface area contributed by atoms with E-state index in [1.807, 2.05) is 54.0 Å². The van der Waals surface area contributed by atoms with Gasteiger partial charge in [-0.25, -0.2) is 19.2 Å². The van der Waals surface area contributed by atoms with E-state index in [1.54, 1.807) is 43.6 Å². The van der Waals surface area contributed by atoms with Gasteiger partial charge in [0, 0.05) is 49.0 Å². The first-order chi connectivity index (χ1) is 21.4. The van der Waals surface area contributed by atoms with Crippen LogP contribution in [-0.2, 0) is 24.3 Å². The van der Waals surface area contributed by atoms with Crippen LogP contribution >= 0.6 is 0 Å². The van der Waals surface area contributed by atoms with E-state index in [4.69, 9.17) is 14.5 Å². The monoisotopic (exact) mass is 591 g/mol. The number of carboxylic acid groups (broad SMARTS) is 1. The first-order valence-electron chi connectivity index (χ1n) is 14.1. The lowest BCUT2D eigenvalue weighted by molar-refractivity contribution is 0.0697. The molecule has 9 nitrogen and oxygen atoms in total. The molecule has 3 heterocycles. The van der Waals surface area contributed by atoms with Crippen LogP contribution in [0.5, 0.6) is 5.88 Å². The number of pyridine rings is 1. The summed E-state index contributed by atoms with van der Waals surface area (Å²) in [6.45, 7) is 2.87. The number of benzene rings is 3. The van der Waals surface area contributed by atoms with Crippen LogP contribution < -0.4 is 4.74 Å². The zero-order valence-corrected chi connectivity index (χ0v) is 24.3. The quantitative estimate of drug-likeness (QED) is 0.178. The summed E-state index contributed by atoms with van der Waals surface area (Å²) in [7, 11) is 1.63. The highest BCUT2D eigenvalue weighted by molar-refractivity contribution is 5.92. The number of nitrogens with one attached hydrogen (secondary N) is 1. The van der Waals surface area contributed by atoms with Crippen molar-refractivity contribution in [3.05, 3.63) is 119 Å². The predicted octanol–water partition coefficient (Wildman–Crippen LogP) is 6.45. The third kappa shape index (κ3) is 6.06. The molecule has 0 saturated heterocycles. The largest absolute Gasteiger partial charge is 0.478 e. The first-order valence-corrected chi connectivity index (χ1v) is 14.1. The highest BCUT2D eigenvalue weighted by Crippen LogP contribution is 2.31. The molecule has 0 amide bonds. The van der Waals surface area contributed by atoms with Crippen molar-refractivity contribution < 1.29 is 23.8 Å². The lowest BCUT2D eigenvalue weighted by atomic mass is 9.97. The number of aromatic nitrogens is 5. The fraction of sp³-hybridized carbons (Fsp3) is 0.176. The van der Waals surface area contributed by atoms with Crippen molar-refractivity contribution >= 4 is 17.0 Å². The van der Waals surface area contributed by atoms with Crippen molar-refractivity contribution in [3.63, 3.8) is 0 Å². The maximum atomic E-state index is 14.3. The van der Waals surface area contributed by atoms with Gasteiger partial charge in [0.2, 0.25) is 5.88 Å². The van der Waals surface area contributed by atoms with Crippen molar-refractivity contribution in [1.29, 1.82) is 0 Å². The van der Waals surface area contributed by atoms with Crippen LogP contribution in [-0.4, -0.2) is 49.5 Å². The van der Waals surface area contributed by atoms with Crippen molar-refractivity contribution in [2.75, 3.05) is 13.7 Å². The van der Waals surface area contributed by atoms with E-state index < -0.39 is 5.97 Å². The van der Waals surface area contributed by atoms with Crippen molar-refractivity contribution in [2.24, 2.45) is 0 Å². The number of halogens is 1. The molecular weight excluding hydrogens is 561 g/mol. The van der Waals surface area contributed by atoms with E-state index in [1.165, 1.54) is 6.07 Å². The summed E-state index contributed by atoms with van der Waals surface area (Å²) in [6, 6.07) is 23.4. The molecule has 3 aromatic carbocycles. The van der Waals surface area contributed by atoms with Gasteiger partial charge >= 0.3 is 5.97 Å². The molecule has 0 bridgehead atoms. The van der Waals surface area contributed by atoms with E-state index in [0.717, 1.165) is 39.3 Å². The summed E-state index contributed by atoms with van der Waals surface area (Å²) >= 11 is 0. The second-order valence-corrected chi connectivity index (χ2v) is 10.4. The van der Waals surface area contributed by atoms with Crippen molar-refractivity contribution in [2.45, 2.75) is 26.5 Å². The fourth-order valence-electron chi connectivity index (χ4n) is 5.16. The number of H-pyrrole nitrogens is 1. The number of aromatic amines is 1. The summed E-state index contributed by atoms with van der Waals surface area (Å²) in [4.78, 5) is 21.2. The van der Waals surface area contributed by atoms with Crippen LogP contribution in [0.3, 0.4) is 0 Å². The molecule has 0 aliphatic carbocycles. The summed E-state index contributed by atoms with van der Waals surface area (Å²) < 4.78 is 27.5. The number of hydrogen-bond donors (Lipinski definition) is 2. The van der Waals surface area contributed by atoms with Crippen LogP contribution in [0.25, 0.3) is 33.5 Å². The summed E-state index contributed by atoms with van der Waals surface area (Å²) in [5.74, 6) is -0.130. The normalized spacial score (nSPS) is 11.2. The molecule has 0 unspecified atom stereocenters. The van der Waals surface area contributed by atoms with Gasteiger partial charge in [0.15, 0.2) is 0 Å². The molecule has 10 heteroatoms. The van der Waals surface area contributed by atoms with Crippen molar-refractivity contribution in [3.8, 4) is 28.4 Å². The van der Waals surface area contributed by atoms with Crippen LogP contribution in [0.4, 0.5) is 4.39 Å². The Morgan fingerprint density at radius 1 is 0.977 bits per heavy atom. The van der Waals surface area contributed by atoms with Gasteiger partial charge in [-0.2, -0.15) is 5.10 Å². The SMILES string of the molecule is COCCn1c(Cc2ccc(-c3cccc(OCc4ccc(C)cc4F)n3)cc2-c2cc[nH]n2)nc2ccc(C(=O)O)cc21. The van der Waals surface area contributed by atoms with Gasteiger partial charge in [-0.1, -0.05) is 30.3 Å². The molecule has 222 valence electrons. The molecule has 44 heavy (non-hydrogen) atoms. The topological polar surface area (TPSA) is 115 Å². The Hall–Kier alpha value is -5.35. The maximum absolute atomic E-state index is 14.3. The fourth-order valence-corrected chi connectivity index (χ4v) is 5.16. The van der Waals surface area contributed by atoms with E-state index in [0.29, 0.717) is 42.2 Å².